The van der Waals surface area contributed by atoms with Gasteiger partial charge in [0.15, 0.2) is 0 Å². The quantitative estimate of drug-likeness (QED) is 0.149. The molecule has 39 heavy (non-hydrogen) atoms. The molecule has 0 fully saturated rings. The first kappa shape index (κ1) is 31.3. The first-order chi connectivity index (χ1) is 18.5. The van der Waals surface area contributed by atoms with Crippen LogP contribution in [-0.2, 0) is 19.6 Å². The van der Waals surface area contributed by atoms with Gasteiger partial charge in [-0.25, -0.2) is 18.0 Å². The molecule has 0 unspecified atom stereocenters. The van der Waals surface area contributed by atoms with E-state index in [4.69, 9.17) is 18.9 Å². The molecular weight excluding hydrogens is 526 g/mol. The number of aryl methyl sites for hydroxylation is 1. The van der Waals surface area contributed by atoms with Gasteiger partial charge in [0.25, 0.3) is 0 Å². The molecule has 0 aliphatic rings. The molecule has 11 heteroatoms. The SMILES string of the molecule is CC[N+](C)(CCOC(=O)Oc1ccccc1)CCOC(=O)Oc1ccccc1.Cc1ccc(S(=O)(=O)[O-])cc1. The lowest BCUT2D eigenvalue weighted by Gasteiger charge is -2.32. The van der Waals surface area contributed by atoms with Gasteiger partial charge < -0.3 is 28.0 Å². The molecule has 210 valence electrons. The summed E-state index contributed by atoms with van der Waals surface area (Å²) in [4.78, 5) is 23.3. The van der Waals surface area contributed by atoms with Gasteiger partial charge in [-0.05, 0) is 50.2 Å². The number of hydrogen-bond donors (Lipinski definition) is 0. The minimum absolute atomic E-state index is 0.178. The summed E-state index contributed by atoms with van der Waals surface area (Å²) in [5.41, 5.74) is 0.928. The van der Waals surface area contributed by atoms with Crippen molar-refractivity contribution >= 4 is 22.4 Å². The van der Waals surface area contributed by atoms with Gasteiger partial charge >= 0.3 is 12.3 Å². The molecule has 0 N–H and O–H groups in total. The Labute approximate surface area is 229 Å². The van der Waals surface area contributed by atoms with Crippen molar-refractivity contribution in [2.75, 3.05) is 39.9 Å². The first-order valence-electron chi connectivity index (χ1n) is 12.2. The Kier molecular flexibility index (Phi) is 12.4. The molecule has 0 aromatic heterocycles. The average Bonchev–Trinajstić information content (AvgIpc) is 2.90. The Hall–Kier alpha value is -3.93. The van der Waals surface area contributed by atoms with E-state index in [0.717, 1.165) is 12.1 Å². The van der Waals surface area contributed by atoms with Crippen molar-refractivity contribution in [1.29, 1.82) is 0 Å². The van der Waals surface area contributed by atoms with Gasteiger partial charge in [0.2, 0.25) is 0 Å². The average molecular weight is 560 g/mol. The predicted molar refractivity (Wildman–Crippen MR) is 142 cm³/mol. The molecule has 10 nitrogen and oxygen atoms in total. The third-order valence-corrected chi connectivity index (χ3v) is 6.51. The maximum absolute atomic E-state index is 11.7. The highest BCUT2D eigenvalue weighted by molar-refractivity contribution is 7.85. The summed E-state index contributed by atoms with van der Waals surface area (Å²) in [6, 6.07) is 23.3. The van der Waals surface area contributed by atoms with Crippen LogP contribution in [0.5, 0.6) is 11.5 Å². The number of quaternary nitrogens is 1. The third-order valence-electron chi connectivity index (χ3n) is 5.66. The fraction of sp³-hybridized carbons (Fsp3) is 0.286. The van der Waals surface area contributed by atoms with Gasteiger partial charge in [-0.1, -0.05) is 54.1 Å². The number of ether oxygens (including phenoxy) is 4. The Balaban J connectivity index is 0.000000404. The standard InChI is InChI=1S/C21H26NO6.C7H8O3S/c1-3-22(2,14-16-25-20(23)27-18-10-6-4-7-11-18)15-17-26-21(24)28-19-12-8-5-9-13-19;1-6-2-4-7(5-3-6)11(8,9)10/h4-13H,3,14-17H2,1-2H3;2-5H,1H3,(H,8,9,10)/q+1;/p-1. The third kappa shape index (κ3) is 12.4. The fourth-order valence-electron chi connectivity index (χ4n) is 3.06. The molecule has 0 bridgehead atoms. The van der Waals surface area contributed by atoms with E-state index in [9.17, 15) is 22.6 Å². The number of carbonyl (C=O) groups excluding carboxylic acids is 2. The lowest BCUT2D eigenvalue weighted by atomic mass is 10.2. The molecule has 0 amide bonds. The summed E-state index contributed by atoms with van der Waals surface area (Å²) in [6.07, 6.45) is -1.48. The van der Waals surface area contributed by atoms with Gasteiger partial charge in [0.1, 0.15) is 47.9 Å². The van der Waals surface area contributed by atoms with Crippen LogP contribution in [0.25, 0.3) is 0 Å². The summed E-state index contributed by atoms with van der Waals surface area (Å²) < 4.78 is 52.2. The van der Waals surface area contributed by atoms with E-state index in [1.807, 2.05) is 33.0 Å². The molecular formula is C28H33NO9S. The number of rotatable bonds is 10. The van der Waals surface area contributed by atoms with E-state index in [0.29, 0.717) is 29.1 Å². The summed E-state index contributed by atoms with van der Waals surface area (Å²) in [5.74, 6) is 0.871. The Morgan fingerprint density at radius 3 is 1.51 bits per heavy atom. The minimum Gasteiger partial charge on any atom is -0.744 e. The number of hydrogen-bond acceptors (Lipinski definition) is 9. The Morgan fingerprint density at radius 1 is 0.744 bits per heavy atom. The molecule has 0 saturated heterocycles. The molecule has 0 radical (unpaired) electrons. The normalized spacial score (nSPS) is 11.0. The predicted octanol–water partition coefficient (Wildman–Crippen LogP) is 4.78. The van der Waals surface area contributed by atoms with Crippen molar-refractivity contribution in [3.63, 3.8) is 0 Å². The molecule has 0 aliphatic heterocycles. The van der Waals surface area contributed by atoms with Crippen LogP contribution in [0.4, 0.5) is 9.59 Å². The highest BCUT2D eigenvalue weighted by atomic mass is 32.2. The highest BCUT2D eigenvalue weighted by Gasteiger charge is 2.21. The van der Waals surface area contributed by atoms with Crippen molar-refractivity contribution in [2.45, 2.75) is 18.7 Å². The van der Waals surface area contributed by atoms with Crippen LogP contribution in [0, 0.1) is 6.92 Å². The zero-order chi connectivity index (χ0) is 28.7. The van der Waals surface area contributed by atoms with E-state index in [-0.39, 0.29) is 18.1 Å². The van der Waals surface area contributed by atoms with Gasteiger partial charge in [-0.2, -0.15) is 0 Å². The molecule has 3 aromatic rings. The molecule has 0 saturated carbocycles. The van der Waals surface area contributed by atoms with E-state index in [1.54, 1.807) is 60.7 Å². The second-order valence-electron chi connectivity index (χ2n) is 8.68. The molecule has 0 heterocycles. The lowest BCUT2D eigenvalue weighted by Crippen LogP contribution is -2.48. The molecule has 3 rings (SSSR count). The monoisotopic (exact) mass is 559 g/mol. The summed E-state index contributed by atoms with van der Waals surface area (Å²) in [7, 11) is -2.27. The summed E-state index contributed by atoms with van der Waals surface area (Å²) in [6.45, 7) is 6.16. The topological polar surface area (TPSA) is 128 Å². The second kappa shape index (κ2) is 15.5. The van der Waals surface area contributed by atoms with Crippen LogP contribution >= 0.6 is 0 Å². The van der Waals surface area contributed by atoms with Crippen LogP contribution < -0.4 is 9.47 Å². The number of likely N-dealkylation sites (N-methyl/N-ethyl adjacent to an activating group) is 1. The largest absolute Gasteiger partial charge is 0.744 e. The zero-order valence-corrected chi connectivity index (χ0v) is 23.0. The lowest BCUT2D eigenvalue weighted by molar-refractivity contribution is -0.908. The van der Waals surface area contributed by atoms with Crippen LogP contribution in [-0.4, -0.2) is 69.7 Å². The molecule has 0 spiro atoms. The molecule has 0 atom stereocenters. The van der Waals surface area contributed by atoms with Gasteiger partial charge in [-0.15, -0.1) is 0 Å². The zero-order valence-electron chi connectivity index (χ0n) is 22.1. The van der Waals surface area contributed by atoms with Crippen molar-refractivity contribution < 1.29 is 46.0 Å². The van der Waals surface area contributed by atoms with Crippen molar-refractivity contribution in [3.8, 4) is 11.5 Å². The van der Waals surface area contributed by atoms with E-state index < -0.39 is 22.4 Å². The second-order valence-corrected chi connectivity index (χ2v) is 10.1. The van der Waals surface area contributed by atoms with E-state index >= 15 is 0 Å². The minimum atomic E-state index is -4.27. The number of carbonyl (C=O) groups is 2. The summed E-state index contributed by atoms with van der Waals surface area (Å²) >= 11 is 0. The number of para-hydroxylation sites is 2. The van der Waals surface area contributed by atoms with Gasteiger partial charge in [-0.3, -0.25) is 0 Å². The van der Waals surface area contributed by atoms with E-state index in [2.05, 4.69) is 0 Å². The maximum Gasteiger partial charge on any atom is 0.514 e. The van der Waals surface area contributed by atoms with E-state index in [1.165, 1.54) is 12.1 Å². The number of nitrogens with zero attached hydrogens (tertiary/aromatic N) is 1. The van der Waals surface area contributed by atoms with Crippen molar-refractivity contribution in [1.82, 2.24) is 0 Å². The highest BCUT2D eigenvalue weighted by Crippen LogP contribution is 2.11. The number of benzene rings is 3. The summed E-state index contributed by atoms with van der Waals surface area (Å²) in [5, 5.41) is 0. The maximum atomic E-state index is 11.7. The van der Waals surface area contributed by atoms with Crippen LogP contribution in [0.15, 0.2) is 89.8 Å². The molecule has 3 aromatic carbocycles. The Morgan fingerprint density at radius 2 is 1.15 bits per heavy atom. The van der Waals surface area contributed by atoms with Crippen molar-refractivity contribution in [2.24, 2.45) is 0 Å². The van der Waals surface area contributed by atoms with Gasteiger partial charge in [0.05, 0.1) is 18.5 Å². The first-order valence-corrected chi connectivity index (χ1v) is 13.6. The van der Waals surface area contributed by atoms with Crippen molar-refractivity contribution in [3.05, 3.63) is 90.5 Å². The fourth-order valence-corrected chi connectivity index (χ4v) is 3.53. The van der Waals surface area contributed by atoms with Crippen LogP contribution in [0.1, 0.15) is 12.5 Å². The van der Waals surface area contributed by atoms with Gasteiger partial charge in [0, 0.05) is 0 Å². The smallest absolute Gasteiger partial charge is 0.514 e. The van der Waals surface area contributed by atoms with Crippen LogP contribution in [0.3, 0.4) is 0 Å². The van der Waals surface area contributed by atoms with Crippen LogP contribution in [0.2, 0.25) is 0 Å². The Bertz CT molecular complexity index is 1210. The molecule has 0 aliphatic carbocycles.